The summed E-state index contributed by atoms with van der Waals surface area (Å²) in [6.45, 7) is 6.51. The minimum atomic E-state index is -3.62. The molecule has 1 aliphatic carbocycles. The van der Waals surface area contributed by atoms with E-state index in [2.05, 4.69) is 9.71 Å². The van der Waals surface area contributed by atoms with Gasteiger partial charge in [0.2, 0.25) is 15.6 Å². The first-order valence-electron chi connectivity index (χ1n) is 6.60. The molecule has 0 aromatic carbocycles. The average molecular weight is 300 g/mol. The van der Waals surface area contributed by atoms with E-state index in [0.29, 0.717) is 13.0 Å². The number of sulfonamides is 1. The van der Waals surface area contributed by atoms with Gasteiger partial charge in [0.25, 0.3) is 0 Å². The molecule has 1 fully saturated rings. The maximum absolute atomic E-state index is 12.2. The number of pyridine rings is 1. The molecule has 2 N–H and O–H groups in total. The molecular weight excluding hydrogens is 280 g/mol. The monoisotopic (exact) mass is 300 g/mol. The van der Waals surface area contributed by atoms with Crippen LogP contribution < -0.4 is 10.3 Å². The Bertz CT molecular complexity index is 616. The molecule has 0 spiro atoms. The summed E-state index contributed by atoms with van der Waals surface area (Å²) in [7, 11) is -3.62. The predicted molar refractivity (Wildman–Crippen MR) is 75.0 cm³/mol. The van der Waals surface area contributed by atoms with Gasteiger partial charge in [-0.15, -0.1) is 0 Å². The fourth-order valence-electron chi connectivity index (χ4n) is 2.39. The van der Waals surface area contributed by atoms with E-state index >= 15 is 0 Å². The molecule has 0 radical (unpaired) electrons. The first kappa shape index (κ1) is 15.2. The van der Waals surface area contributed by atoms with Crippen molar-refractivity contribution in [3.63, 3.8) is 0 Å². The number of hydrogen-bond donors (Lipinski definition) is 2. The SMILES string of the molecule is CCOC1CC(NS(=O)(=O)c2ccc(=O)[nH]c2)C1(C)C. The Morgan fingerprint density at radius 3 is 2.65 bits per heavy atom. The van der Waals surface area contributed by atoms with Crippen molar-refractivity contribution in [1.29, 1.82) is 0 Å². The second-order valence-corrected chi connectivity index (χ2v) is 7.28. The van der Waals surface area contributed by atoms with Crippen LogP contribution in [-0.2, 0) is 14.8 Å². The molecule has 0 aliphatic heterocycles. The number of ether oxygens (including phenoxy) is 1. The molecule has 20 heavy (non-hydrogen) atoms. The minimum Gasteiger partial charge on any atom is -0.378 e. The van der Waals surface area contributed by atoms with Crippen LogP contribution in [0.5, 0.6) is 0 Å². The molecule has 0 saturated heterocycles. The standard InChI is InChI=1S/C13H20N2O4S/c1-4-19-11-7-10(13(11,2)3)15-20(17,18)9-5-6-12(16)14-8-9/h5-6,8,10-11,15H,4,7H2,1-3H3,(H,14,16). The number of aromatic nitrogens is 1. The molecule has 0 bridgehead atoms. The van der Waals surface area contributed by atoms with Crippen molar-refractivity contribution in [3.05, 3.63) is 28.7 Å². The zero-order valence-corrected chi connectivity index (χ0v) is 12.7. The molecule has 6 nitrogen and oxygen atoms in total. The van der Waals surface area contributed by atoms with Gasteiger partial charge in [-0.25, -0.2) is 13.1 Å². The second kappa shape index (κ2) is 5.31. The number of rotatable bonds is 5. The van der Waals surface area contributed by atoms with Gasteiger partial charge in [0.05, 0.1) is 11.0 Å². The van der Waals surface area contributed by atoms with Crippen molar-refractivity contribution in [2.45, 2.75) is 44.2 Å². The van der Waals surface area contributed by atoms with E-state index in [4.69, 9.17) is 4.74 Å². The third-order valence-electron chi connectivity index (χ3n) is 3.91. The number of H-pyrrole nitrogens is 1. The maximum Gasteiger partial charge on any atom is 0.247 e. The van der Waals surface area contributed by atoms with Crippen molar-refractivity contribution in [1.82, 2.24) is 9.71 Å². The Balaban J connectivity index is 2.11. The highest BCUT2D eigenvalue weighted by atomic mass is 32.2. The highest BCUT2D eigenvalue weighted by molar-refractivity contribution is 7.89. The normalized spacial score (nSPS) is 25.1. The molecule has 2 rings (SSSR count). The van der Waals surface area contributed by atoms with E-state index < -0.39 is 10.0 Å². The lowest BCUT2D eigenvalue weighted by Gasteiger charge is -2.51. The van der Waals surface area contributed by atoms with Gasteiger partial charge >= 0.3 is 0 Å². The largest absolute Gasteiger partial charge is 0.378 e. The summed E-state index contributed by atoms with van der Waals surface area (Å²) in [6, 6.07) is 2.33. The van der Waals surface area contributed by atoms with Gasteiger partial charge in [-0.1, -0.05) is 13.8 Å². The van der Waals surface area contributed by atoms with E-state index in [1.165, 1.54) is 18.3 Å². The Kier molecular flexibility index (Phi) is 4.04. The third kappa shape index (κ3) is 2.79. The van der Waals surface area contributed by atoms with E-state index in [9.17, 15) is 13.2 Å². The number of hydrogen-bond acceptors (Lipinski definition) is 4. The highest BCUT2D eigenvalue weighted by Gasteiger charge is 2.50. The molecule has 1 saturated carbocycles. The first-order valence-corrected chi connectivity index (χ1v) is 8.08. The van der Waals surface area contributed by atoms with Crippen molar-refractivity contribution in [3.8, 4) is 0 Å². The molecule has 1 aromatic heterocycles. The molecule has 1 aliphatic rings. The number of nitrogens with one attached hydrogen (secondary N) is 2. The van der Waals surface area contributed by atoms with Crippen LogP contribution in [0.25, 0.3) is 0 Å². The van der Waals surface area contributed by atoms with Crippen LogP contribution in [0.3, 0.4) is 0 Å². The third-order valence-corrected chi connectivity index (χ3v) is 5.38. The lowest BCUT2D eigenvalue weighted by Crippen LogP contribution is -2.61. The zero-order valence-electron chi connectivity index (χ0n) is 11.8. The summed E-state index contributed by atoms with van der Waals surface area (Å²) in [5.41, 5.74) is -0.574. The summed E-state index contributed by atoms with van der Waals surface area (Å²) in [5.74, 6) is 0. The van der Waals surface area contributed by atoms with Gasteiger partial charge in [-0.05, 0) is 19.4 Å². The molecule has 7 heteroatoms. The van der Waals surface area contributed by atoms with Crippen LogP contribution in [0.2, 0.25) is 0 Å². The van der Waals surface area contributed by atoms with Gasteiger partial charge in [-0.2, -0.15) is 0 Å². The van der Waals surface area contributed by atoms with Gasteiger partial charge in [-0.3, -0.25) is 4.79 Å². The van der Waals surface area contributed by atoms with Crippen LogP contribution in [0, 0.1) is 5.41 Å². The fraction of sp³-hybridized carbons (Fsp3) is 0.615. The van der Waals surface area contributed by atoms with Crippen LogP contribution in [0.1, 0.15) is 27.2 Å². The Morgan fingerprint density at radius 1 is 1.45 bits per heavy atom. The van der Waals surface area contributed by atoms with Gasteiger partial charge < -0.3 is 9.72 Å². The summed E-state index contributed by atoms with van der Waals surface area (Å²) in [5, 5.41) is 0. The Hall–Kier alpha value is -1.18. The van der Waals surface area contributed by atoms with Crippen molar-refractivity contribution in [2.24, 2.45) is 5.41 Å². The van der Waals surface area contributed by atoms with Crippen LogP contribution in [-0.4, -0.2) is 32.2 Å². The first-order chi connectivity index (χ1) is 9.27. The van der Waals surface area contributed by atoms with Crippen molar-refractivity contribution in [2.75, 3.05) is 6.61 Å². The van der Waals surface area contributed by atoms with Gasteiger partial charge in [0.15, 0.2) is 0 Å². The average Bonchev–Trinajstić information content (AvgIpc) is 2.38. The summed E-state index contributed by atoms with van der Waals surface area (Å²) in [4.78, 5) is 13.4. The van der Waals surface area contributed by atoms with E-state index in [-0.39, 0.29) is 28.0 Å². The van der Waals surface area contributed by atoms with Crippen molar-refractivity contribution < 1.29 is 13.2 Å². The van der Waals surface area contributed by atoms with E-state index in [0.717, 1.165) is 0 Å². The topological polar surface area (TPSA) is 88.3 Å². The van der Waals surface area contributed by atoms with E-state index in [1.54, 1.807) is 0 Å². The molecule has 1 heterocycles. The maximum atomic E-state index is 12.2. The Labute approximate surface area is 118 Å². The van der Waals surface area contributed by atoms with Crippen LogP contribution in [0.15, 0.2) is 28.0 Å². The highest BCUT2D eigenvalue weighted by Crippen LogP contribution is 2.43. The van der Waals surface area contributed by atoms with E-state index in [1.807, 2.05) is 20.8 Å². The Morgan fingerprint density at radius 2 is 2.15 bits per heavy atom. The lowest BCUT2D eigenvalue weighted by molar-refractivity contribution is -0.108. The summed E-state index contributed by atoms with van der Waals surface area (Å²) >= 11 is 0. The second-order valence-electron chi connectivity index (χ2n) is 5.56. The molecule has 112 valence electrons. The number of aromatic amines is 1. The van der Waals surface area contributed by atoms with Gasteiger partial charge in [0.1, 0.15) is 0 Å². The fourth-order valence-corrected chi connectivity index (χ4v) is 3.76. The summed E-state index contributed by atoms with van der Waals surface area (Å²) in [6.07, 6.45) is 1.93. The smallest absolute Gasteiger partial charge is 0.247 e. The molecule has 1 aromatic rings. The predicted octanol–water partition coefficient (Wildman–Crippen LogP) is 0.857. The van der Waals surface area contributed by atoms with Gasteiger partial charge in [0, 0.05) is 30.3 Å². The zero-order chi connectivity index (χ0) is 15.0. The van der Waals surface area contributed by atoms with Crippen molar-refractivity contribution >= 4 is 10.0 Å². The summed E-state index contributed by atoms with van der Waals surface area (Å²) < 4.78 is 32.7. The van der Waals surface area contributed by atoms with Crippen LogP contribution >= 0.6 is 0 Å². The molecular formula is C13H20N2O4S. The molecule has 0 amide bonds. The van der Waals surface area contributed by atoms with Crippen LogP contribution in [0.4, 0.5) is 0 Å². The minimum absolute atomic E-state index is 0.0627. The quantitative estimate of drug-likeness (QED) is 0.844. The molecule has 2 unspecified atom stereocenters. The lowest BCUT2D eigenvalue weighted by atomic mass is 9.65. The molecule has 2 atom stereocenters.